The monoisotopic (exact) mass is 316 g/mol. The zero-order valence-electron chi connectivity index (χ0n) is 9.91. The van der Waals surface area contributed by atoms with Gasteiger partial charge >= 0.3 is 0 Å². The summed E-state index contributed by atoms with van der Waals surface area (Å²) in [6.07, 6.45) is 2.34. The Morgan fingerprint density at radius 2 is 2.24 bits per heavy atom. The number of hydrogen-bond acceptors (Lipinski definition) is 3. The van der Waals surface area contributed by atoms with E-state index in [9.17, 15) is 4.79 Å². The summed E-state index contributed by atoms with van der Waals surface area (Å²) in [5.41, 5.74) is 0. The number of hydrogen-bond donors (Lipinski definition) is 1. The molecule has 1 aliphatic heterocycles. The maximum atomic E-state index is 12.1. The quantitative estimate of drug-likeness (QED) is 0.929. The van der Waals surface area contributed by atoms with E-state index in [1.165, 1.54) is 24.2 Å². The number of carbonyl (C=O) groups excluding carboxylic acids is 1. The van der Waals surface area contributed by atoms with Gasteiger partial charge in [-0.3, -0.25) is 4.79 Å². The number of nitrogens with one attached hydrogen (secondary N) is 1. The van der Waals surface area contributed by atoms with Crippen molar-refractivity contribution in [3.8, 4) is 0 Å². The fourth-order valence-corrected chi connectivity index (χ4v) is 3.53. The molecule has 0 atom stereocenters. The van der Waals surface area contributed by atoms with E-state index in [1.54, 1.807) is 0 Å². The third-order valence-electron chi connectivity index (χ3n) is 3.12. The summed E-state index contributed by atoms with van der Waals surface area (Å²) in [6.45, 7) is 3.03. The van der Waals surface area contributed by atoms with Gasteiger partial charge in [0.05, 0.1) is 8.66 Å². The highest BCUT2D eigenvalue weighted by atomic mass is 79.9. The molecule has 2 rings (SSSR count). The Kier molecular flexibility index (Phi) is 4.59. The Morgan fingerprint density at radius 3 is 2.82 bits per heavy atom. The van der Waals surface area contributed by atoms with Crippen molar-refractivity contribution in [3.05, 3.63) is 20.8 Å². The second-order valence-corrected chi connectivity index (χ2v) is 6.95. The molecule has 0 saturated carbocycles. The molecule has 3 nitrogen and oxygen atoms in total. The Labute approximate surface area is 114 Å². The Hall–Kier alpha value is -0.390. The van der Waals surface area contributed by atoms with Crippen molar-refractivity contribution in [1.29, 1.82) is 0 Å². The average molecular weight is 317 g/mol. The molecule has 1 fully saturated rings. The SMILES string of the molecule is CN(CC1CCNCC1)C(=O)c1ccc(Br)s1. The van der Waals surface area contributed by atoms with Gasteiger partial charge in [0.1, 0.15) is 0 Å². The molecule has 2 heterocycles. The largest absolute Gasteiger partial charge is 0.341 e. The number of halogens is 1. The summed E-state index contributed by atoms with van der Waals surface area (Å²) in [5, 5.41) is 3.34. The Morgan fingerprint density at radius 1 is 1.53 bits per heavy atom. The number of piperidine rings is 1. The Balaban J connectivity index is 1.90. The van der Waals surface area contributed by atoms with Gasteiger partial charge in [-0.2, -0.15) is 0 Å². The van der Waals surface area contributed by atoms with Crippen molar-refractivity contribution >= 4 is 33.2 Å². The van der Waals surface area contributed by atoms with Crippen LogP contribution in [0.1, 0.15) is 22.5 Å². The molecule has 0 spiro atoms. The van der Waals surface area contributed by atoms with Crippen LogP contribution < -0.4 is 5.32 Å². The molecule has 1 aliphatic rings. The van der Waals surface area contributed by atoms with E-state index in [4.69, 9.17) is 0 Å². The predicted octanol–water partition coefficient (Wildman–Crippen LogP) is 2.58. The van der Waals surface area contributed by atoms with Crippen LogP contribution in [0.25, 0.3) is 0 Å². The van der Waals surface area contributed by atoms with E-state index in [0.29, 0.717) is 5.92 Å². The lowest BCUT2D eigenvalue weighted by molar-refractivity contribution is 0.0767. The van der Waals surface area contributed by atoms with E-state index >= 15 is 0 Å². The first kappa shape index (κ1) is 13.1. The summed E-state index contributed by atoms with van der Waals surface area (Å²) in [4.78, 5) is 14.8. The first-order valence-electron chi connectivity index (χ1n) is 5.88. The smallest absolute Gasteiger partial charge is 0.263 e. The van der Waals surface area contributed by atoms with Gasteiger partial charge in [-0.15, -0.1) is 11.3 Å². The van der Waals surface area contributed by atoms with Crippen LogP contribution in [0.15, 0.2) is 15.9 Å². The fraction of sp³-hybridized carbons (Fsp3) is 0.583. The summed E-state index contributed by atoms with van der Waals surface area (Å²) < 4.78 is 1.01. The molecule has 1 amide bonds. The number of thiophene rings is 1. The van der Waals surface area contributed by atoms with Crippen LogP contribution in [0.5, 0.6) is 0 Å². The highest BCUT2D eigenvalue weighted by molar-refractivity contribution is 9.11. The van der Waals surface area contributed by atoms with Crippen molar-refractivity contribution in [2.75, 3.05) is 26.7 Å². The van der Waals surface area contributed by atoms with Gasteiger partial charge in [-0.05, 0) is 59.9 Å². The lowest BCUT2D eigenvalue weighted by Crippen LogP contribution is -2.36. The van der Waals surface area contributed by atoms with Crippen LogP contribution in [-0.4, -0.2) is 37.5 Å². The zero-order chi connectivity index (χ0) is 12.3. The molecule has 0 radical (unpaired) electrons. The minimum absolute atomic E-state index is 0.138. The minimum atomic E-state index is 0.138. The van der Waals surface area contributed by atoms with E-state index in [1.807, 2.05) is 24.1 Å². The zero-order valence-corrected chi connectivity index (χ0v) is 12.3. The van der Waals surface area contributed by atoms with Gasteiger partial charge in [0, 0.05) is 13.6 Å². The minimum Gasteiger partial charge on any atom is -0.341 e. The third-order valence-corrected chi connectivity index (χ3v) is 4.73. The molecule has 94 valence electrons. The van der Waals surface area contributed by atoms with Crippen LogP contribution in [0, 0.1) is 5.92 Å². The van der Waals surface area contributed by atoms with Crippen molar-refractivity contribution in [1.82, 2.24) is 10.2 Å². The highest BCUT2D eigenvalue weighted by Crippen LogP contribution is 2.23. The number of carbonyl (C=O) groups is 1. The van der Waals surface area contributed by atoms with Gasteiger partial charge in [-0.25, -0.2) is 0 Å². The van der Waals surface area contributed by atoms with Crippen LogP contribution in [0.3, 0.4) is 0 Å². The van der Waals surface area contributed by atoms with E-state index in [0.717, 1.165) is 28.3 Å². The molecule has 17 heavy (non-hydrogen) atoms. The molecule has 1 aromatic heterocycles. The molecular formula is C12H17BrN2OS. The maximum Gasteiger partial charge on any atom is 0.263 e. The first-order valence-corrected chi connectivity index (χ1v) is 7.49. The lowest BCUT2D eigenvalue weighted by Gasteiger charge is -2.27. The molecule has 0 aromatic carbocycles. The standard InChI is InChI=1S/C12H17BrN2OS/c1-15(8-9-4-6-14-7-5-9)12(16)10-2-3-11(13)17-10/h2-3,9,14H,4-8H2,1H3. The summed E-state index contributed by atoms with van der Waals surface area (Å²) in [6, 6.07) is 3.81. The topological polar surface area (TPSA) is 32.3 Å². The van der Waals surface area contributed by atoms with Crippen LogP contribution >= 0.6 is 27.3 Å². The molecule has 1 N–H and O–H groups in total. The molecule has 5 heteroatoms. The van der Waals surface area contributed by atoms with Gasteiger partial charge in [0.15, 0.2) is 0 Å². The van der Waals surface area contributed by atoms with Gasteiger partial charge < -0.3 is 10.2 Å². The summed E-state index contributed by atoms with van der Waals surface area (Å²) >= 11 is 4.89. The maximum absolute atomic E-state index is 12.1. The molecule has 0 unspecified atom stereocenters. The van der Waals surface area contributed by atoms with Crippen molar-refractivity contribution in [2.24, 2.45) is 5.92 Å². The van der Waals surface area contributed by atoms with Crippen LogP contribution in [-0.2, 0) is 0 Å². The molecular weight excluding hydrogens is 300 g/mol. The van der Waals surface area contributed by atoms with Crippen LogP contribution in [0.2, 0.25) is 0 Å². The van der Waals surface area contributed by atoms with E-state index in [-0.39, 0.29) is 5.91 Å². The number of amides is 1. The summed E-state index contributed by atoms with van der Waals surface area (Å²) in [7, 11) is 1.90. The fourth-order valence-electron chi connectivity index (χ4n) is 2.15. The molecule has 0 aliphatic carbocycles. The van der Waals surface area contributed by atoms with Crippen molar-refractivity contribution in [2.45, 2.75) is 12.8 Å². The predicted molar refractivity (Wildman–Crippen MR) is 74.6 cm³/mol. The third kappa shape index (κ3) is 3.53. The molecule has 1 aromatic rings. The Bertz CT molecular complexity index is 388. The van der Waals surface area contributed by atoms with Crippen LogP contribution in [0.4, 0.5) is 0 Å². The average Bonchev–Trinajstić information content (AvgIpc) is 2.76. The van der Waals surface area contributed by atoms with Crippen molar-refractivity contribution < 1.29 is 4.79 Å². The van der Waals surface area contributed by atoms with E-state index in [2.05, 4.69) is 21.2 Å². The number of nitrogens with zero attached hydrogens (tertiary/aromatic N) is 1. The van der Waals surface area contributed by atoms with Gasteiger partial charge in [0.2, 0.25) is 0 Å². The number of rotatable bonds is 3. The van der Waals surface area contributed by atoms with Gasteiger partial charge in [-0.1, -0.05) is 0 Å². The van der Waals surface area contributed by atoms with Gasteiger partial charge in [0.25, 0.3) is 5.91 Å². The normalized spacial score (nSPS) is 17.1. The second-order valence-electron chi connectivity index (χ2n) is 4.48. The van der Waals surface area contributed by atoms with E-state index < -0.39 is 0 Å². The molecule has 1 saturated heterocycles. The van der Waals surface area contributed by atoms with Crippen molar-refractivity contribution in [3.63, 3.8) is 0 Å². The summed E-state index contributed by atoms with van der Waals surface area (Å²) in [5.74, 6) is 0.785. The highest BCUT2D eigenvalue weighted by Gasteiger charge is 2.19. The first-order chi connectivity index (χ1) is 8.16. The lowest BCUT2D eigenvalue weighted by atomic mass is 9.98. The second kappa shape index (κ2) is 5.98. The molecule has 0 bridgehead atoms.